The van der Waals surface area contributed by atoms with Gasteiger partial charge in [-0.3, -0.25) is 13.5 Å². The van der Waals surface area contributed by atoms with Crippen LogP contribution >= 0.6 is 0 Å². The Kier molecular flexibility index (Phi) is 31.5. The number of carbonyl (C=O) groups excluding carboxylic acids is 1. The van der Waals surface area contributed by atoms with Gasteiger partial charge in [0.15, 0.2) is 12.4 Å². The molecule has 2 unspecified atom stereocenters. The third kappa shape index (κ3) is 25.8. The number of hydrogen-bond acceptors (Lipinski definition) is 16. The summed E-state index contributed by atoms with van der Waals surface area (Å²) < 4.78 is 79.4. The van der Waals surface area contributed by atoms with Crippen LogP contribution in [0.2, 0.25) is 0 Å². The molecular weight excluding hydrogens is 708 g/mol. The molecule has 18 nitrogen and oxygen atoms in total. The van der Waals surface area contributed by atoms with Gasteiger partial charge >= 0.3 is 59.1 Å². The van der Waals surface area contributed by atoms with Crippen molar-refractivity contribution in [3.8, 4) is 0 Å². The molecule has 0 saturated carbocycles. The van der Waals surface area contributed by atoms with Gasteiger partial charge in [0.2, 0.25) is 20.8 Å². The van der Waals surface area contributed by atoms with Crippen LogP contribution in [-0.2, 0) is 39.2 Å². The number of hydrogen-bond donors (Lipinski definition) is 8. The van der Waals surface area contributed by atoms with Crippen LogP contribution in [0.5, 0.6) is 0 Å². The summed E-state index contributed by atoms with van der Waals surface area (Å²) >= 11 is 0. The number of aliphatic hydroxyl groups is 6. The van der Waals surface area contributed by atoms with Gasteiger partial charge in [-0.15, -0.1) is 0 Å². The molecule has 1 fully saturated rings. The van der Waals surface area contributed by atoms with E-state index in [4.69, 9.17) is 27.0 Å². The smallest absolute Gasteiger partial charge is 0.726 e. The van der Waals surface area contributed by atoms with Gasteiger partial charge < -0.3 is 61.5 Å². The second kappa shape index (κ2) is 28.4. The van der Waals surface area contributed by atoms with Gasteiger partial charge in [-0.05, 0) is 12.5 Å². The Morgan fingerprint density at radius 1 is 0.833 bits per heavy atom. The van der Waals surface area contributed by atoms with Crippen molar-refractivity contribution in [2.24, 2.45) is 0 Å². The maximum absolute atomic E-state index is 12.4. The standard InChI is InChI=1S/C26H50NO13S.2Na.H2O4S/c1-3-4-5-6-7-8-9-10-11-12-13-14-15-27-25(34)22(32)21(31)24(17(2)28)40-26-23(33)20(30)19(29)18(39-26)16-38-41(35,36)37;;;1-5(2,3)4/h17-24,26,28-33H,2-16H2,1H3,(H,27,34)(H,35,36,37);;;(H2,1,2,3,4)/q-1;2*+1;/p-2/t17-,18?,19+,20+,21-,22-,23?,24-,26+;;;/m1.../s1. The zero-order valence-corrected chi connectivity index (χ0v) is 33.5. The third-order valence-corrected chi connectivity index (χ3v) is 7.40. The number of unbranched alkanes of at least 4 members (excludes halogenated alkanes) is 11. The summed E-state index contributed by atoms with van der Waals surface area (Å²) in [5.74, 6) is -0.942. The van der Waals surface area contributed by atoms with Crippen molar-refractivity contribution in [2.75, 3.05) is 13.2 Å². The minimum absolute atomic E-state index is 0. The van der Waals surface area contributed by atoms with E-state index in [-0.39, 0.29) is 65.7 Å². The number of amides is 1. The van der Waals surface area contributed by atoms with Crippen LogP contribution < -0.4 is 64.4 Å². The van der Waals surface area contributed by atoms with Crippen molar-refractivity contribution >= 4 is 26.7 Å². The molecule has 1 saturated heterocycles. The molecule has 0 radical (unpaired) electrons. The van der Waals surface area contributed by atoms with E-state index in [1.54, 1.807) is 0 Å². The fourth-order valence-electron chi connectivity index (χ4n) is 4.49. The van der Waals surface area contributed by atoms with E-state index in [9.17, 15) is 48.4 Å². The minimum atomic E-state index is -5.18. The Morgan fingerprint density at radius 3 is 1.69 bits per heavy atom. The van der Waals surface area contributed by atoms with Crippen LogP contribution in [0.1, 0.15) is 84.0 Å². The Hall–Kier alpha value is 0.890. The molecule has 0 aromatic heterocycles. The van der Waals surface area contributed by atoms with Crippen molar-refractivity contribution in [1.29, 1.82) is 0 Å². The molecule has 48 heavy (non-hydrogen) atoms. The Labute approximate surface area is 327 Å². The van der Waals surface area contributed by atoms with Gasteiger partial charge in [0.1, 0.15) is 30.5 Å². The summed E-state index contributed by atoms with van der Waals surface area (Å²) in [5.41, 5.74) is 0. The van der Waals surface area contributed by atoms with Crippen molar-refractivity contribution in [3.63, 3.8) is 0 Å². The molecule has 1 aliphatic heterocycles. The molecule has 22 heteroatoms. The SMILES string of the molecule is O=S(=O)([O-])O.[CH2-][C@@H](O)[C@@H](O[C@@H]1OC(COS(=O)(=O)[O-])[C@H](O)[C@H](O)C1O)[C@H](O)[C@@H](O)C(=O)NCCCCCCCCCCCCCC.[Na+].[Na+]. The fraction of sp³-hybridized carbons (Fsp3) is 0.923. The first-order valence-corrected chi connectivity index (χ1v) is 17.8. The van der Waals surface area contributed by atoms with E-state index in [0.717, 1.165) is 19.3 Å². The van der Waals surface area contributed by atoms with Crippen molar-refractivity contribution < 1.29 is 139 Å². The van der Waals surface area contributed by atoms with Crippen LogP contribution in [0.25, 0.3) is 0 Å². The molecule has 1 heterocycles. The second-order valence-corrected chi connectivity index (χ2v) is 12.8. The van der Waals surface area contributed by atoms with E-state index in [1.807, 2.05) is 0 Å². The first kappa shape index (κ1) is 53.2. The summed E-state index contributed by atoms with van der Waals surface area (Å²) in [4.78, 5) is 12.4. The molecule has 8 N–H and O–H groups in total. The topological polar surface area (TPSA) is 313 Å². The molecule has 0 aromatic carbocycles. The molecule has 0 spiro atoms. The van der Waals surface area contributed by atoms with Gasteiger partial charge in [0.05, 0.1) is 12.7 Å². The molecular formula is C26H50NNa2O17S2-. The molecule has 0 bridgehead atoms. The van der Waals surface area contributed by atoms with Crippen molar-refractivity contribution in [3.05, 3.63) is 6.92 Å². The van der Waals surface area contributed by atoms with Gasteiger partial charge in [-0.2, -0.15) is 0 Å². The summed E-state index contributed by atoms with van der Waals surface area (Å²) in [5, 5.41) is 63.5. The van der Waals surface area contributed by atoms with Gasteiger partial charge in [0.25, 0.3) is 5.91 Å². The van der Waals surface area contributed by atoms with E-state index >= 15 is 0 Å². The van der Waals surface area contributed by atoms with Crippen LogP contribution in [0, 0.1) is 6.92 Å². The van der Waals surface area contributed by atoms with E-state index in [1.165, 1.54) is 51.4 Å². The van der Waals surface area contributed by atoms with Crippen LogP contribution in [-0.4, -0.2) is 135 Å². The number of nitrogens with one attached hydrogen (secondary N) is 1. The molecule has 1 rings (SSSR count). The van der Waals surface area contributed by atoms with Crippen LogP contribution in [0.15, 0.2) is 0 Å². The van der Waals surface area contributed by atoms with Gasteiger partial charge in [-0.25, -0.2) is 16.8 Å². The molecule has 0 aliphatic carbocycles. The number of aliphatic hydroxyl groups excluding tert-OH is 6. The minimum Gasteiger partial charge on any atom is -0.726 e. The largest absolute Gasteiger partial charge is 1.00 e. The average Bonchev–Trinajstić information content (AvgIpc) is 2.95. The van der Waals surface area contributed by atoms with Crippen molar-refractivity contribution in [2.45, 2.75) is 139 Å². The first-order valence-electron chi connectivity index (χ1n) is 15.1. The predicted octanol–water partition coefficient (Wildman–Crippen LogP) is -7.60. The molecule has 0 aromatic rings. The second-order valence-electron chi connectivity index (χ2n) is 10.9. The quantitative estimate of drug-likeness (QED) is 0.0167. The molecule has 1 amide bonds. The Morgan fingerprint density at radius 2 is 1.27 bits per heavy atom. The summed E-state index contributed by atoms with van der Waals surface area (Å²) in [7, 11) is -10.1. The Bertz CT molecular complexity index is 1030. The molecule has 276 valence electrons. The average molecular weight is 759 g/mol. The maximum atomic E-state index is 12.4. The van der Waals surface area contributed by atoms with E-state index in [0.29, 0.717) is 6.42 Å². The van der Waals surface area contributed by atoms with Crippen LogP contribution in [0.3, 0.4) is 0 Å². The van der Waals surface area contributed by atoms with Gasteiger partial charge in [0, 0.05) is 6.54 Å². The van der Waals surface area contributed by atoms with E-state index < -0.39 is 88.4 Å². The Balaban J connectivity index is -0.00000268. The predicted molar refractivity (Wildman–Crippen MR) is 157 cm³/mol. The zero-order valence-electron chi connectivity index (χ0n) is 27.8. The fourth-order valence-corrected chi connectivity index (χ4v) is 4.79. The summed E-state index contributed by atoms with van der Waals surface area (Å²) in [6.45, 7) is 4.69. The van der Waals surface area contributed by atoms with Gasteiger partial charge in [-0.1, -0.05) is 77.6 Å². The summed E-state index contributed by atoms with van der Waals surface area (Å²) in [6.07, 6.45) is -3.47. The van der Waals surface area contributed by atoms with Crippen LogP contribution in [0.4, 0.5) is 0 Å². The zero-order chi connectivity index (χ0) is 35.5. The van der Waals surface area contributed by atoms with E-state index in [2.05, 4.69) is 23.3 Å². The third-order valence-electron chi connectivity index (χ3n) is 6.97. The maximum Gasteiger partial charge on any atom is 1.00 e. The normalized spacial score (nSPS) is 23.7. The molecule has 1 aliphatic rings. The number of carbonyl (C=O) groups is 1. The van der Waals surface area contributed by atoms with Crippen molar-refractivity contribution in [1.82, 2.24) is 5.32 Å². The number of ether oxygens (including phenoxy) is 2. The number of rotatable bonds is 22. The monoisotopic (exact) mass is 758 g/mol. The summed E-state index contributed by atoms with van der Waals surface area (Å²) in [6, 6.07) is 0. The molecule has 9 atom stereocenters. The first-order chi connectivity index (χ1) is 21.3.